The number of aliphatic hydroxyl groups excluding tert-OH is 1. The van der Waals surface area contributed by atoms with Crippen molar-refractivity contribution >= 4 is 16.7 Å². The van der Waals surface area contributed by atoms with E-state index in [0.717, 1.165) is 22.0 Å². The number of hydrogen-bond donors (Lipinski definition) is 3. The molecule has 1 aromatic heterocycles. The number of β-amino-alcohol motifs (C(OH)–C–C–N with tert-alkyl or cyclic N) is 1. The molecule has 5 heteroatoms. The molecule has 0 fully saturated rings. The summed E-state index contributed by atoms with van der Waals surface area (Å²) in [7, 11) is 0. The van der Waals surface area contributed by atoms with Crippen LogP contribution in [0.5, 0.6) is 5.75 Å². The minimum atomic E-state index is -0.621. The maximum Gasteiger partial charge on any atom is 0.141 e. The second-order valence-electron chi connectivity index (χ2n) is 8.45. The smallest absolute Gasteiger partial charge is 0.141 e. The molecule has 0 aliphatic rings. The Bertz CT molecular complexity index is 956. The molecule has 0 saturated carbocycles. The Morgan fingerprint density at radius 1 is 1.07 bits per heavy atom. The van der Waals surface area contributed by atoms with Crippen molar-refractivity contribution in [2.45, 2.75) is 45.3 Å². The summed E-state index contributed by atoms with van der Waals surface area (Å²) in [5.74, 6) is 0.778. The van der Waals surface area contributed by atoms with Crippen molar-refractivity contribution in [2.75, 3.05) is 13.2 Å². The number of ether oxygens (including phenoxy) is 1. The predicted molar refractivity (Wildman–Crippen MR) is 116 cm³/mol. The van der Waals surface area contributed by atoms with Crippen molar-refractivity contribution < 1.29 is 14.6 Å². The number of aliphatic hydroxyl groups is 1. The van der Waals surface area contributed by atoms with E-state index < -0.39 is 6.10 Å². The van der Waals surface area contributed by atoms with Gasteiger partial charge in [-0.2, -0.15) is 0 Å². The summed E-state index contributed by atoms with van der Waals surface area (Å²) >= 11 is 0. The number of carbonyl (C=O) groups is 1. The maximum absolute atomic E-state index is 12.7. The van der Waals surface area contributed by atoms with Gasteiger partial charge in [-0.1, -0.05) is 30.3 Å². The number of fused-ring (bicyclic) bond motifs is 1. The Morgan fingerprint density at radius 3 is 2.59 bits per heavy atom. The van der Waals surface area contributed by atoms with Crippen molar-refractivity contribution in [1.29, 1.82) is 0 Å². The fraction of sp³-hybridized carbons (Fsp3) is 0.375. The van der Waals surface area contributed by atoms with Crippen LogP contribution < -0.4 is 10.1 Å². The molecule has 1 unspecified atom stereocenters. The van der Waals surface area contributed by atoms with Crippen LogP contribution >= 0.6 is 0 Å². The van der Waals surface area contributed by atoms with E-state index in [4.69, 9.17) is 4.74 Å². The van der Waals surface area contributed by atoms with Crippen LogP contribution in [-0.4, -0.2) is 40.7 Å². The monoisotopic (exact) mass is 394 g/mol. The number of H-pyrrole nitrogens is 1. The number of nitrogens with one attached hydrogen (secondary N) is 2. The third-order valence-corrected chi connectivity index (χ3v) is 4.73. The Hall–Kier alpha value is -2.63. The van der Waals surface area contributed by atoms with Crippen molar-refractivity contribution in [3.05, 3.63) is 65.9 Å². The van der Waals surface area contributed by atoms with Crippen molar-refractivity contribution in [3.8, 4) is 5.75 Å². The number of benzene rings is 2. The Morgan fingerprint density at radius 2 is 1.79 bits per heavy atom. The van der Waals surface area contributed by atoms with E-state index in [2.05, 4.69) is 31.1 Å². The lowest BCUT2D eigenvalue weighted by Crippen LogP contribution is -2.42. The van der Waals surface area contributed by atoms with Gasteiger partial charge in [-0.25, -0.2) is 0 Å². The van der Waals surface area contributed by atoms with E-state index in [0.29, 0.717) is 25.1 Å². The molecule has 29 heavy (non-hydrogen) atoms. The molecule has 0 aliphatic carbocycles. The second kappa shape index (κ2) is 9.25. The summed E-state index contributed by atoms with van der Waals surface area (Å²) in [6.45, 7) is 6.78. The number of aromatic nitrogens is 1. The molecular weight excluding hydrogens is 364 g/mol. The first-order valence-electron chi connectivity index (χ1n) is 10.0. The quantitative estimate of drug-likeness (QED) is 0.518. The number of Topliss-reactive ketones (excluding diaryl/α,β-unsaturated/α-hetero) is 1. The third-order valence-electron chi connectivity index (χ3n) is 4.73. The van der Waals surface area contributed by atoms with Gasteiger partial charge < -0.3 is 20.1 Å². The first-order chi connectivity index (χ1) is 13.8. The summed E-state index contributed by atoms with van der Waals surface area (Å²) in [6, 6.07) is 15.5. The molecule has 1 atom stereocenters. The van der Waals surface area contributed by atoms with Crippen LogP contribution in [0.25, 0.3) is 10.9 Å². The zero-order valence-corrected chi connectivity index (χ0v) is 17.4. The molecule has 2 aromatic carbocycles. The highest BCUT2D eigenvalue weighted by molar-refractivity contribution is 5.90. The number of rotatable bonds is 9. The van der Waals surface area contributed by atoms with Gasteiger partial charge in [0.25, 0.3) is 0 Å². The van der Waals surface area contributed by atoms with Gasteiger partial charge in [0.05, 0.1) is 0 Å². The molecule has 3 aromatic rings. The third kappa shape index (κ3) is 6.17. The number of para-hydroxylation sites is 1. The van der Waals surface area contributed by atoms with E-state index >= 15 is 0 Å². The fourth-order valence-corrected chi connectivity index (χ4v) is 3.25. The molecular formula is C24H30N2O3. The SMILES string of the molecule is CC(C)(C)NCC(O)COc1ccccc1CC(=O)Cc1cccc2[nH]ccc12. The summed E-state index contributed by atoms with van der Waals surface area (Å²) in [5, 5.41) is 14.5. The normalized spacial score (nSPS) is 12.8. The average molecular weight is 395 g/mol. The van der Waals surface area contributed by atoms with E-state index in [-0.39, 0.29) is 17.9 Å². The van der Waals surface area contributed by atoms with Crippen molar-refractivity contribution in [1.82, 2.24) is 10.3 Å². The average Bonchev–Trinajstić information content (AvgIpc) is 3.15. The lowest BCUT2D eigenvalue weighted by atomic mass is 10.00. The van der Waals surface area contributed by atoms with Crippen molar-refractivity contribution in [2.24, 2.45) is 0 Å². The molecule has 3 rings (SSSR count). The molecule has 0 bridgehead atoms. The highest BCUT2D eigenvalue weighted by atomic mass is 16.5. The van der Waals surface area contributed by atoms with Crippen LogP contribution in [-0.2, 0) is 17.6 Å². The van der Waals surface area contributed by atoms with Gasteiger partial charge in [-0.05, 0) is 44.5 Å². The predicted octanol–water partition coefficient (Wildman–Crippen LogP) is 3.65. The van der Waals surface area contributed by atoms with Gasteiger partial charge >= 0.3 is 0 Å². The minimum Gasteiger partial charge on any atom is -0.491 e. The van der Waals surface area contributed by atoms with E-state index in [1.807, 2.05) is 54.7 Å². The molecule has 5 nitrogen and oxygen atoms in total. The largest absolute Gasteiger partial charge is 0.491 e. The molecule has 3 N–H and O–H groups in total. The van der Waals surface area contributed by atoms with Gasteiger partial charge in [-0.15, -0.1) is 0 Å². The summed E-state index contributed by atoms with van der Waals surface area (Å²) < 4.78 is 5.83. The Kier molecular flexibility index (Phi) is 6.72. The molecule has 0 amide bonds. The van der Waals surface area contributed by atoms with Gasteiger partial charge in [0.1, 0.15) is 24.2 Å². The van der Waals surface area contributed by atoms with Gasteiger partial charge in [0.2, 0.25) is 0 Å². The standard InChI is InChI=1S/C24H30N2O3/c1-24(2,3)26-15-20(28)16-29-23-10-5-4-7-18(23)14-19(27)13-17-8-6-9-22-21(17)11-12-25-22/h4-12,20,25-26,28H,13-16H2,1-3H3. The Balaban J connectivity index is 1.60. The minimum absolute atomic E-state index is 0.0619. The molecule has 0 spiro atoms. The van der Waals surface area contributed by atoms with Crippen LogP contribution in [0.15, 0.2) is 54.7 Å². The molecule has 154 valence electrons. The topological polar surface area (TPSA) is 74.3 Å². The maximum atomic E-state index is 12.7. The number of carbonyl (C=O) groups excluding carboxylic acids is 1. The highest BCUT2D eigenvalue weighted by Crippen LogP contribution is 2.22. The Labute approximate surface area is 172 Å². The van der Waals surface area contributed by atoms with Crippen LogP contribution in [0.3, 0.4) is 0 Å². The summed E-state index contributed by atoms with van der Waals surface area (Å²) in [5.41, 5.74) is 2.84. The van der Waals surface area contributed by atoms with Crippen LogP contribution in [0.4, 0.5) is 0 Å². The first kappa shape index (κ1) is 21.1. The fourth-order valence-electron chi connectivity index (χ4n) is 3.25. The first-order valence-corrected chi connectivity index (χ1v) is 10.0. The lowest BCUT2D eigenvalue weighted by molar-refractivity contribution is -0.117. The van der Waals surface area contributed by atoms with Crippen LogP contribution in [0.1, 0.15) is 31.9 Å². The van der Waals surface area contributed by atoms with Crippen LogP contribution in [0.2, 0.25) is 0 Å². The summed E-state index contributed by atoms with van der Waals surface area (Å²) in [4.78, 5) is 15.9. The molecule has 1 heterocycles. The zero-order chi connectivity index (χ0) is 20.9. The number of hydrogen-bond acceptors (Lipinski definition) is 4. The molecule has 0 aliphatic heterocycles. The van der Waals surface area contributed by atoms with E-state index in [1.54, 1.807) is 0 Å². The van der Waals surface area contributed by atoms with Crippen LogP contribution in [0, 0.1) is 0 Å². The molecule has 0 radical (unpaired) electrons. The van der Waals surface area contributed by atoms with Gasteiger partial charge in [0, 0.05) is 47.6 Å². The summed E-state index contributed by atoms with van der Waals surface area (Å²) in [6.07, 6.45) is 1.94. The number of ketones is 1. The highest BCUT2D eigenvalue weighted by Gasteiger charge is 2.15. The van der Waals surface area contributed by atoms with Gasteiger partial charge in [-0.3, -0.25) is 4.79 Å². The number of aromatic amines is 1. The molecule has 0 saturated heterocycles. The lowest BCUT2D eigenvalue weighted by Gasteiger charge is -2.23. The van der Waals surface area contributed by atoms with Gasteiger partial charge in [0.15, 0.2) is 0 Å². The van der Waals surface area contributed by atoms with E-state index in [9.17, 15) is 9.90 Å². The zero-order valence-electron chi connectivity index (χ0n) is 17.4. The second-order valence-corrected chi connectivity index (χ2v) is 8.45. The van der Waals surface area contributed by atoms with Crippen molar-refractivity contribution in [3.63, 3.8) is 0 Å². The van der Waals surface area contributed by atoms with E-state index in [1.165, 1.54) is 0 Å².